The molecule has 21 heavy (non-hydrogen) atoms. The molecule has 0 bridgehead atoms. The highest BCUT2D eigenvalue weighted by Crippen LogP contribution is 2.21. The van der Waals surface area contributed by atoms with Crippen LogP contribution in [0, 0.1) is 0 Å². The first-order chi connectivity index (χ1) is 10.1. The van der Waals surface area contributed by atoms with Crippen molar-refractivity contribution in [3.05, 3.63) is 23.8 Å². The Kier molecular flexibility index (Phi) is 5.44. The van der Waals surface area contributed by atoms with Crippen LogP contribution in [0.15, 0.2) is 18.2 Å². The first-order valence-electron chi connectivity index (χ1n) is 7.57. The van der Waals surface area contributed by atoms with Gasteiger partial charge in [0.25, 0.3) is 0 Å². The van der Waals surface area contributed by atoms with Crippen LogP contribution < -0.4 is 11.1 Å². The third-order valence-electron chi connectivity index (χ3n) is 4.07. The summed E-state index contributed by atoms with van der Waals surface area (Å²) in [4.78, 5) is 14.0. The van der Waals surface area contributed by atoms with Gasteiger partial charge in [0.05, 0.1) is 24.0 Å². The van der Waals surface area contributed by atoms with E-state index in [1.165, 1.54) is 39.5 Å². The standard InChI is InChI=1S/C16H25N3O2/c1-12(19-8-4-3-5-9-19)11-18-15-7-6-13(10-14(15)17)16(20)21-2/h6-7,10,12,18H,3-5,8-9,11,17H2,1-2H3. The van der Waals surface area contributed by atoms with Gasteiger partial charge >= 0.3 is 5.97 Å². The molecule has 116 valence electrons. The number of piperidine rings is 1. The van der Waals surface area contributed by atoms with Gasteiger partial charge in [-0.05, 0) is 51.1 Å². The Morgan fingerprint density at radius 2 is 2.10 bits per heavy atom. The average Bonchev–Trinajstić information content (AvgIpc) is 2.53. The summed E-state index contributed by atoms with van der Waals surface area (Å²) in [6.07, 6.45) is 3.93. The molecule has 3 N–H and O–H groups in total. The number of nitrogens with one attached hydrogen (secondary N) is 1. The maximum absolute atomic E-state index is 11.4. The Morgan fingerprint density at radius 1 is 1.38 bits per heavy atom. The van der Waals surface area contributed by atoms with Gasteiger partial charge in [0.15, 0.2) is 0 Å². The molecule has 0 aliphatic carbocycles. The monoisotopic (exact) mass is 291 g/mol. The van der Waals surface area contributed by atoms with Gasteiger partial charge in [-0.25, -0.2) is 4.79 Å². The zero-order valence-electron chi connectivity index (χ0n) is 12.9. The molecule has 1 aromatic rings. The van der Waals surface area contributed by atoms with Crippen LogP contribution in [0.1, 0.15) is 36.5 Å². The number of carbonyl (C=O) groups excluding carboxylic acids is 1. The zero-order valence-corrected chi connectivity index (χ0v) is 12.9. The fourth-order valence-electron chi connectivity index (χ4n) is 2.71. The molecule has 0 saturated carbocycles. The van der Waals surface area contributed by atoms with E-state index in [0.29, 0.717) is 17.3 Å². The molecular weight excluding hydrogens is 266 g/mol. The van der Waals surface area contributed by atoms with Crippen molar-refractivity contribution in [3.63, 3.8) is 0 Å². The lowest BCUT2D eigenvalue weighted by molar-refractivity contribution is 0.0601. The van der Waals surface area contributed by atoms with Crippen molar-refractivity contribution in [1.29, 1.82) is 0 Å². The van der Waals surface area contributed by atoms with E-state index in [-0.39, 0.29) is 5.97 Å². The van der Waals surface area contributed by atoms with Crippen molar-refractivity contribution in [2.45, 2.75) is 32.2 Å². The maximum Gasteiger partial charge on any atom is 0.337 e. The zero-order chi connectivity index (χ0) is 15.2. The molecule has 1 heterocycles. The minimum absolute atomic E-state index is 0.366. The van der Waals surface area contributed by atoms with Gasteiger partial charge in [0.1, 0.15) is 0 Å². The Morgan fingerprint density at radius 3 is 2.71 bits per heavy atom. The lowest BCUT2D eigenvalue weighted by Crippen LogP contribution is -2.41. The number of esters is 1. The number of benzene rings is 1. The number of rotatable bonds is 5. The van der Waals surface area contributed by atoms with Crippen LogP contribution in [0.4, 0.5) is 11.4 Å². The number of carbonyl (C=O) groups is 1. The fourth-order valence-corrected chi connectivity index (χ4v) is 2.71. The summed E-state index contributed by atoms with van der Waals surface area (Å²) in [6, 6.07) is 5.70. The number of likely N-dealkylation sites (tertiary alicyclic amines) is 1. The molecule has 1 saturated heterocycles. The van der Waals surface area contributed by atoms with E-state index >= 15 is 0 Å². The second-order valence-corrected chi connectivity index (χ2v) is 5.62. The van der Waals surface area contributed by atoms with Crippen LogP contribution in [0.2, 0.25) is 0 Å². The molecule has 0 aromatic heterocycles. The third-order valence-corrected chi connectivity index (χ3v) is 4.07. The quantitative estimate of drug-likeness (QED) is 0.644. The molecule has 2 rings (SSSR count). The van der Waals surface area contributed by atoms with Crippen LogP contribution >= 0.6 is 0 Å². The van der Waals surface area contributed by atoms with Crippen LogP contribution in [0.25, 0.3) is 0 Å². The first-order valence-corrected chi connectivity index (χ1v) is 7.57. The van der Waals surface area contributed by atoms with Crippen LogP contribution in [-0.4, -0.2) is 43.7 Å². The van der Waals surface area contributed by atoms with E-state index in [0.717, 1.165) is 12.2 Å². The number of nitrogens with zero attached hydrogens (tertiary/aromatic N) is 1. The smallest absolute Gasteiger partial charge is 0.337 e. The summed E-state index contributed by atoms with van der Waals surface area (Å²) < 4.78 is 4.69. The summed E-state index contributed by atoms with van der Waals surface area (Å²) in [6.45, 7) is 5.44. The predicted molar refractivity (Wildman–Crippen MR) is 85.6 cm³/mol. The van der Waals surface area contributed by atoms with Gasteiger partial charge in [-0.2, -0.15) is 0 Å². The van der Waals surface area contributed by atoms with E-state index in [1.807, 2.05) is 6.07 Å². The van der Waals surface area contributed by atoms with E-state index in [1.54, 1.807) is 12.1 Å². The fraction of sp³-hybridized carbons (Fsp3) is 0.562. The van der Waals surface area contributed by atoms with Gasteiger partial charge < -0.3 is 15.8 Å². The Bertz CT molecular complexity index is 484. The summed E-state index contributed by atoms with van der Waals surface area (Å²) in [5, 5.41) is 3.38. The molecule has 1 aliphatic heterocycles. The molecule has 0 amide bonds. The summed E-state index contributed by atoms with van der Waals surface area (Å²) in [7, 11) is 1.37. The lowest BCUT2D eigenvalue weighted by atomic mass is 10.1. The van der Waals surface area contributed by atoms with Gasteiger partial charge in [0.2, 0.25) is 0 Å². The van der Waals surface area contributed by atoms with E-state index in [4.69, 9.17) is 5.73 Å². The second kappa shape index (κ2) is 7.31. The van der Waals surface area contributed by atoms with Crippen LogP contribution in [-0.2, 0) is 4.74 Å². The van der Waals surface area contributed by atoms with Gasteiger partial charge in [0, 0.05) is 12.6 Å². The van der Waals surface area contributed by atoms with Crippen LogP contribution in [0.3, 0.4) is 0 Å². The van der Waals surface area contributed by atoms with Gasteiger partial charge in [-0.3, -0.25) is 4.90 Å². The van der Waals surface area contributed by atoms with Crippen molar-refractivity contribution in [2.75, 3.05) is 37.8 Å². The molecule has 1 aromatic carbocycles. The molecule has 1 atom stereocenters. The molecule has 1 fully saturated rings. The molecule has 0 spiro atoms. The lowest BCUT2D eigenvalue weighted by Gasteiger charge is -2.32. The van der Waals surface area contributed by atoms with E-state index in [9.17, 15) is 4.79 Å². The van der Waals surface area contributed by atoms with E-state index < -0.39 is 0 Å². The summed E-state index contributed by atoms with van der Waals surface area (Å²) in [5.74, 6) is -0.366. The van der Waals surface area contributed by atoms with Crippen molar-refractivity contribution < 1.29 is 9.53 Å². The van der Waals surface area contributed by atoms with Crippen LogP contribution in [0.5, 0.6) is 0 Å². The topological polar surface area (TPSA) is 67.6 Å². The minimum Gasteiger partial charge on any atom is -0.465 e. The molecular formula is C16H25N3O2. The minimum atomic E-state index is -0.366. The highest BCUT2D eigenvalue weighted by atomic mass is 16.5. The highest BCUT2D eigenvalue weighted by molar-refractivity contribution is 5.91. The Hall–Kier alpha value is -1.75. The Labute approximate surface area is 126 Å². The molecule has 5 nitrogen and oxygen atoms in total. The average molecular weight is 291 g/mol. The summed E-state index contributed by atoms with van der Waals surface area (Å²) >= 11 is 0. The predicted octanol–water partition coefficient (Wildman–Crippen LogP) is 2.34. The number of hydrogen-bond donors (Lipinski definition) is 2. The number of nitrogens with two attached hydrogens (primary N) is 1. The molecule has 1 unspecified atom stereocenters. The number of hydrogen-bond acceptors (Lipinski definition) is 5. The second-order valence-electron chi connectivity index (χ2n) is 5.62. The van der Waals surface area contributed by atoms with Crippen molar-refractivity contribution in [1.82, 2.24) is 4.90 Å². The first kappa shape index (κ1) is 15.6. The summed E-state index contributed by atoms with van der Waals surface area (Å²) in [5.41, 5.74) is 7.91. The number of nitrogen functional groups attached to an aromatic ring is 1. The molecule has 1 aliphatic rings. The number of ether oxygens (including phenoxy) is 1. The maximum atomic E-state index is 11.4. The largest absolute Gasteiger partial charge is 0.465 e. The number of anilines is 2. The van der Waals surface area contributed by atoms with Crippen molar-refractivity contribution in [2.24, 2.45) is 0 Å². The van der Waals surface area contributed by atoms with E-state index in [2.05, 4.69) is 21.9 Å². The number of methoxy groups -OCH3 is 1. The molecule has 0 radical (unpaired) electrons. The van der Waals surface area contributed by atoms with Gasteiger partial charge in [-0.1, -0.05) is 6.42 Å². The third kappa shape index (κ3) is 4.11. The SMILES string of the molecule is COC(=O)c1ccc(NCC(C)N2CCCCC2)c(N)c1. The normalized spacial score (nSPS) is 17.2. The van der Waals surface area contributed by atoms with Gasteiger partial charge in [-0.15, -0.1) is 0 Å². The highest BCUT2D eigenvalue weighted by Gasteiger charge is 2.16. The Balaban J connectivity index is 1.92. The van der Waals surface area contributed by atoms with Crippen molar-refractivity contribution >= 4 is 17.3 Å². The van der Waals surface area contributed by atoms with Crippen molar-refractivity contribution in [3.8, 4) is 0 Å². The molecule has 5 heteroatoms.